The van der Waals surface area contributed by atoms with Crippen LogP contribution in [0.15, 0.2) is 0 Å². The van der Waals surface area contributed by atoms with E-state index in [1.807, 2.05) is 0 Å². The summed E-state index contributed by atoms with van der Waals surface area (Å²) < 4.78 is 0. The van der Waals surface area contributed by atoms with Gasteiger partial charge in [-0.25, -0.2) is 4.79 Å². The highest BCUT2D eigenvalue weighted by Gasteiger charge is 2.36. The van der Waals surface area contributed by atoms with Gasteiger partial charge in [-0.3, -0.25) is 62.3 Å². The number of carbonyl (C=O) groups excluding carboxylic acids is 12. The number of carboxylic acids is 2. The van der Waals surface area contributed by atoms with Crippen molar-refractivity contribution in [3.8, 4) is 0 Å². The topological polar surface area (TPSA) is 564 Å². The third-order valence-corrected chi connectivity index (χ3v) is 12.2. The van der Waals surface area contributed by atoms with Gasteiger partial charge in [0.05, 0.1) is 19.4 Å². The Bertz CT molecular complexity index is 2150. The molecule has 0 aliphatic carbocycles. The number of aliphatic hydroxyl groups is 1. The fourth-order valence-corrected chi connectivity index (χ4v) is 7.48. The Morgan fingerprint density at radius 1 is 0.438 bits per heavy atom. The van der Waals surface area contributed by atoms with Crippen molar-refractivity contribution in [3.05, 3.63) is 0 Å². The molecular formula is C48H85N15O17. The number of nitrogens with one attached hydrogen (secondary N) is 9. The van der Waals surface area contributed by atoms with E-state index in [4.69, 9.17) is 34.4 Å². The number of hydrogen-bond acceptors (Lipinski definition) is 18. The third-order valence-electron chi connectivity index (χ3n) is 12.2. The second-order valence-corrected chi connectivity index (χ2v) is 19.6. The Morgan fingerprint density at radius 2 is 0.800 bits per heavy atom. The lowest BCUT2D eigenvalue weighted by atomic mass is 9.98. The minimum atomic E-state index is -1.90. The molecule has 0 rings (SSSR count). The largest absolute Gasteiger partial charge is 0.481 e. The SMILES string of the molecule is CC[C@H](C)[C@H](NC(=O)[C@H](CCC(=O)O)NC(=O)[C@H](CCCCN)NC(=O)[C@H](C)NC(=O)[C@H](CC(N)=O)NC(=O)[C@H](CC(N)=O)NC(=O)[C@H](CCCCN)NC(=O)[C@H](CC(C)C)NC(=O)[C@H](CCC(N)=O)NC(=O)[C@@H](N)CO)C(=O)O. The molecule has 80 heavy (non-hydrogen) atoms. The molecule has 454 valence electrons. The van der Waals surface area contributed by atoms with Gasteiger partial charge in [-0.2, -0.15) is 0 Å². The minimum absolute atomic E-state index is 0.0460. The third kappa shape index (κ3) is 28.9. The Balaban J connectivity index is 6.67. The van der Waals surface area contributed by atoms with Crippen LogP contribution in [-0.4, -0.2) is 178 Å². The van der Waals surface area contributed by atoms with Crippen LogP contribution in [0.3, 0.4) is 0 Å². The maximum absolute atomic E-state index is 14.0. The van der Waals surface area contributed by atoms with Crippen molar-refractivity contribution in [1.29, 1.82) is 0 Å². The van der Waals surface area contributed by atoms with Gasteiger partial charge in [0.15, 0.2) is 0 Å². The summed E-state index contributed by atoms with van der Waals surface area (Å²) in [6, 6.07) is -15.6. The summed E-state index contributed by atoms with van der Waals surface area (Å²) in [5.41, 5.74) is 33.0. The number of hydrogen-bond donors (Lipinski definition) is 18. The van der Waals surface area contributed by atoms with Crippen LogP contribution in [0.2, 0.25) is 0 Å². The molecule has 0 heterocycles. The highest BCUT2D eigenvalue weighted by atomic mass is 16.4. The van der Waals surface area contributed by atoms with Crippen molar-refractivity contribution in [3.63, 3.8) is 0 Å². The quantitative estimate of drug-likeness (QED) is 0.0253. The van der Waals surface area contributed by atoms with Crippen LogP contribution in [0.25, 0.3) is 0 Å². The summed E-state index contributed by atoms with van der Waals surface area (Å²) in [7, 11) is 0. The lowest BCUT2D eigenvalue weighted by Gasteiger charge is -2.28. The second kappa shape index (κ2) is 38.1. The molecule has 0 aromatic heterocycles. The summed E-state index contributed by atoms with van der Waals surface area (Å²) in [6.45, 7) is 7.33. The normalized spacial score (nSPS) is 15.2. The van der Waals surface area contributed by atoms with Crippen molar-refractivity contribution in [1.82, 2.24) is 47.9 Å². The van der Waals surface area contributed by atoms with Crippen LogP contribution >= 0.6 is 0 Å². The molecule has 0 radical (unpaired) electrons. The van der Waals surface area contributed by atoms with E-state index in [2.05, 4.69) is 47.9 Å². The number of aliphatic carboxylic acids is 2. The van der Waals surface area contributed by atoms with Crippen LogP contribution in [-0.2, 0) is 67.1 Å². The van der Waals surface area contributed by atoms with Crippen LogP contribution in [0.5, 0.6) is 0 Å². The van der Waals surface area contributed by atoms with Crippen molar-refractivity contribution < 1.29 is 82.4 Å². The number of unbranched alkanes of at least 4 members (excludes halogenated alkanes) is 2. The maximum Gasteiger partial charge on any atom is 0.326 e. The fourth-order valence-electron chi connectivity index (χ4n) is 7.48. The Hall–Kier alpha value is -7.58. The number of primary amides is 3. The number of nitrogens with two attached hydrogens (primary N) is 6. The standard InChI is InChI=1S/C48H85N15O17/c1-6-24(4)38(48(79)80)63-44(75)30(14-16-37(68)69)59-41(72)27(11-7-9-17-49)56-39(70)25(5)55-45(76)32(20-35(53)66)62-47(78)33(21-36(54)67)61-42(73)28(12-8-10-18-50)58-46(77)31(19-23(2)3)60-43(74)29(13-15-34(52)65)57-40(71)26(51)22-64/h23-33,38,64H,6-22,49-51H2,1-5H3,(H2,52,65)(H2,53,66)(H2,54,67)(H,55,76)(H,56,70)(H,57,71)(H,58,77)(H,59,72)(H,60,74)(H,61,73)(H,62,78)(H,63,75)(H,68,69)(H,79,80)/t24-,25-,26-,27-,28-,29-,30-,31-,32-,33-,38-/m0/s1. The highest BCUT2D eigenvalue weighted by Crippen LogP contribution is 2.13. The molecule has 0 saturated carbocycles. The molecule has 24 N–H and O–H groups in total. The van der Waals surface area contributed by atoms with E-state index in [0.29, 0.717) is 19.3 Å². The monoisotopic (exact) mass is 1140 g/mol. The predicted molar refractivity (Wildman–Crippen MR) is 283 cm³/mol. The first kappa shape index (κ1) is 72.4. The van der Waals surface area contributed by atoms with Gasteiger partial charge in [0.1, 0.15) is 60.4 Å². The second-order valence-electron chi connectivity index (χ2n) is 19.6. The van der Waals surface area contributed by atoms with Crippen LogP contribution in [0.1, 0.15) is 125 Å². The van der Waals surface area contributed by atoms with Gasteiger partial charge in [0.2, 0.25) is 70.9 Å². The summed E-state index contributed by atoms with van der Waals surface area (Å²) in [6.07, 6.45) is -2.46. The van der Waals surface area contributed by atoms with E-state index in [9.17, 15) is 82.4 Å². The van der Waals surface area contributed by atoms with Gasteiger partial charge in [-0.05, 0) is 89.6 Å². The van der Waals surface area contributed by atoms with Crippen molar-refractivity contribution in [2.75, 3.05) is 19.7 Å². The summed E-state index contributed by atoms with van der Waals surface area (Å²) in [5, 5.41) is 49.6. The van der Waals surface area contributed by atoms with Crippen LogP contribution in [0, 0.1) is 11.8 Å². The average Bonchev–Trinajstić information content (AvgIpc) is 3.37. The fraction of sp³-hybridized carbons (Fsp3) is 0.708. The lowest BCUT2D eigenvalue weighted by molar-refractivity contribution is -0.144. The summed E-state index contributed by atoms with van der Waals surface area (Å²) in [5.74, 6) is -16.2. The molecule has 0 aliphatic rings. The van der Waals surface area contributed by atoms with E-state index < -0.39 is 181 Å². The van der Waals surface area contributed by atoms with E-state index in [1.54, 1.807) is 27.7 Å². The number of carboxylic acid groups (broad SMARTS) is 2. The smallest absolute Gasteiger partial charge is 0.326 e. The van der Waals surface area contributed by atoms with Crippen LogP contribution in [0.4, 0.5) is 0 Å². The number of rotatable bonds is 42. The van der Waals surface area contributed by atoms with Crippen LogP contribution < -0.4 is 82.3 Å². The van der Waals surface area contributed by atoms with Crippen molar-refractivity contribution >= 4 is 82.8 Å². The van der Waals surface area contributed by atoms with E-state index in [1.165, 1.54) is 0 Å². The number of aliphatic hydroxyl groups excluding tert-OH is 1. The minimum Gasteiger partial charge on any atom is -0.481 e. The van der Waals surface area contributed by atoms with E-state index >= 15 is 0 Å². The van der Waals surface area contributed by atoms with E-state index in [0.717, 1.165) is 6.92 Å². The molecule has 11 atom stereocenters. The lowest BCUT2D eigenvalue weighted by Crippen LogP contribution is -2.61. The molecule has 0 unspecified atom stereocenters. The zero-order chi connectivity index (χ0) is 61.4. The number of carbonyl (C=O) groups is 14. The first-order chi connectivity index (χ1) is 37.4. The van der Waals surface area contributed by atoms with E-state index in [-0.39, 0.29) is 64.0 Å². The van der Waals surface area contributed by atoms with Gasteiger partial charge in [-0.1, -0.05) is 34.1 Å². The number of amides is 12. The first-order valence-corrected chi connectivity index (χ1v) is 26.2. The van der Waals surface area contributed by atoms with Gasteiger partial charge < -0.3 is 97.6 Å². The molecule has 32 heteroatoms. The van der Waals surface area contributed by atoms with Crippen molar-refractivity contribution in [2.45, 2.75) is 185 Å². The summed E-state index contributed by atoms with van der Waals surface area (Å²) in [4.78, 5) is 182. The maximum atomic E-state index is 14.0. The zero-order valence-electron chi connectivity index (χ0n) is 46.0. The average molecular weight is 1140 g/mol. The van der Waals surface area contributed by atoms with Gasteiger partial charge in [-0.15, -0.1) is 0 Å². The first-order valence-electron chi connectivity index (χ1n) is 26.2. The van der Waals surface area contributed by atoms with Gasteiger partial charge in [0, 0.05) is 12.8 Å². The molecule has 32 nitrogen and oxygen atoms in total. The molecule has 0 fully saturated rings. The van der Waals surface area contributed by atoms with Gasteiger partial charge in [0.25, 0.3) is 0 Å². The van der Waals surface area contributed by atoms with Crippen molar-refractivity contribution in [2.24, 2.45) is 46.2 Å². The molecule has 0 bridgehead atoms. The zero-order valence-corrected chi connectivity index (χ0v) is 46.0. The molecule has 0 saturated heterocycles. The molecule has 0 aromatic carbocycles. The Kier molecular flexibility index (Phi) is 34.5. The molecule has 0 aliphatic heterocycles. The molecule has 12 amide bonds. The molecular weight excluding hydrogens is 1060 g/mol. The van der Waals surface area contributed by atoms with Gasteiger partial charge >= 0.3 is 11.9 Å². The summed E-state index contributed by atoms with van der Waals surface area (Å²) >= 11 is 0. The Morgan fingerprint density at radius 3 is 1.19 bits per heavy atom. The molecule has 0 spiro atoms. The Labute approximate surface area is 463 Å². The highest BCUT2D eigenvalue weighted by molar-refractivity contribution is 6.00. The molecule has 0 aromatic rings. The predicted octanol–water partition coefficient (Wildman–Crippen LogP) is -7.00.